The Morgan fingerprint density at radius 3 is 2.45 bits per heavy atom. The predicted molar refractivity (Wildman–Crippen MR) is 84.7 cm³/mol. The molecule has 0 aliphatic rings. The van der Waals surface area contributed by atoms with Gasteiger partial charge in [-0.15, -0.1) is 0 Å². The van der Waals surface area contributed by atoms with Crippen LogP contribution in [0.5, 0.6) is 0 Å². The van der Waals surface area contributed by atoms with Crippen molar-refractivity contribution in [1.82, 2.24) is 5.32 Å². The van der Waals surface area contributed by atoms with E-state index in [1.54, 1.807) is 0 Å². The second-order valence-electron chi connectivity index (χ2n) is 5.95. The van der Waals surface area contributed by atoms with Crippen LogP contribution < -0.4 is 5.32 Å². The highest BCUT2D eigenvalue weighted by Crippen LogP contribution is 2.16. The average molecular weight is 269 g/mol. The molecule has 1 atom stereocenters. The molecule has 1 N–H and O–H groups in total. The largest absolute Gasteiger partial charge is 0.353 e. The summed E-state index contributed by atoms with van der Waals surface area (Å²) in [6.45, 7) is 6.19. The van der Waals surface area contributed by atoms with Gasteiger partial charge in [-0.2, -0.15) is 0 Å². The lowest BCUT2D eigenvalue weighted by Crippen LogP contribution is -2.34. The molecule has 0 saturated carbocycles. The van der Waals surface area contributed by atoms with Crippen molar-refractivity contribution in [1.29, 1.82) is 0 Å². The zero-order valence-corrected chi connectivity index (χ0v) is 12.5. The van der Waals surface area contributed by atoms with E-state index in [0.29, 0.717) is 12.3 Å². The van der Waals surface area contributed by atoms with Crippen molar-refractivity contribution < 1.29 is 4.79 Å². The fourth-order valence-electron chi connectivity index (χ4n) is 2.47. The van der Waals surface area contributed by atoms with Crippen molar-refractivity contribution >= 4 is 16.7 Å². The molecule has 0 heterocycles. The Kier molecular flexibility index (Phi) is 4.78. The molecule has 106 valence electrons. The van der Waals surface area contributed by atoms with Crippen LogP contribution >= 0.6 is 0 Å². The molecule has 0 aromatic heterocycles. The monoisotopic (exact) mass is 269 g/mol. The lowest BCUT2D eigenvalue weighted by atomic mass is 10.0. The van der Waals surface area contributed by atoms with Gasteiger partial charge in [0, 0.05) is 12.5 Å². The Hall–Kier alpha value is -1.83. The highest BCUT2D eigenvalue weighted by Gasteiger charge is 2.09. The lowest BCUT2D eigenvalue weighted by Gasteiger charge is -2.15. The summed E-state index contributed by atoms with van der Waals surface area (Å²) in [5.41, 5.74) is 1.26. The van der Waals surface area contributed by atoms with Crippen LogP contribution in [-0.4, -0.2) is 11.9 Å². The van der Waals surface area contributed by atoms with Gasteiger partial charge in [0.15, 0.2) is 0 Å². The highest BCUT2D eigenvalue weighted by molar-refractivity contribution is 5.83. The molecule has 0 aliphatic heterocycles. The van der Waals surface area contributed by atoms with Crippen molar-refractivity contribution in [3.8, 4) is 0 Å². The fourth-order valence-corrected chi connectivity index (χ4v) is 2.47. The Bertz CT molecular complexity index is 589. The van der Waals surface area contributed by atoms with E-state index in [0.717, 1.165) is 6.42 Å². The minimum Gasteiger partial charge on any atom is -0.353 e. The van der Waals surface area contributed by atoms with E-state index in [-0.39, 0.29) is 11.9 Å². The van der Waals surface area contributed by atoms with Crippen LogP contribution in [0.2, 0.25) is 0 Å². The van der Waals surface area contributed by atoms with Gasteiger partial charge in [-0.1, -0.05) is 56.3 Å². The predicted octanol–water partition coefficient (Wildman–Crippen LogP) is 3.93. The van der Waals surface area contributed by atoms with Gasteiger partial charge in [-0.25, -0.2) is 0 Å². The summed E-state index contributed by atoms with van der Waals surface area (Å²) in [5.74, 6) is 0.552. The number of rotatable bonds is 5. The van der Waals surface area contributed by atoms with Crippen molar-refractivity contribution in [2.45, 2.75) is 39.7 Å². The van der Waals surface area contributed by atoms with E-state index in [1.807, 2.05) is 0 Å². The Labute approximate surface area is 121 Å². The third-order valence-electron chi connectivity index (χ3n) is 3.36. The normalized spacial score (nSPS) is 12.6. The maximum atomic E-state index is 11.8. The molecule has 2 aromatic carbocycles. The molecule has 2 aromatic rings. The summed E-state index contributed by atoms with van der Waals surface area (Å²) in [7, 11) is 0. The van der Waals surface area contributed by atoms with E-state index in [1.165, 1.54) is 16.3 Å². The first-order valence-corrected chi connectivity index (χ1v) is 7.31. The first-order valence-electron chi connectivity index (χ1n) is 7.31. The molecule has 0 fully saturated rings. The number of carbonyl (C=O) groups excluding carboxylic acids is 1. The number of hydrogen-bond acceptors (Lipinski definition) is 1. The molecule has 1 amide bonds. The molecule has 0 spiro atoms. The molecule has 0 aliphatic carbocycles. The Balaban J connectivity index is 1.99. The highest BCUT2D eigenvalue weighted by atomic mass is 16.1. The number of hydrogen-bond donors (Lipinski definition) is 1. The van der Waals surface area contributed by atoms with Crippen LogP contribution in [0.4, 0.5) is 0 Å². The number of fused-ring (bicyclic) bond motifs is 1. The van der Waals surface area contributed by atoms with Crippen LogP contribution in [0, 0.1) is 5.92 Å². The maximum Gasteiger partial charge on any atom is 0.220 e. The van der Waals surface area contributed by atoms with Gasteiger partial charge in [0.2, 0.25) is 5.91 Å². The minimum atomic E-state index is 0.147. The summed E-state index contributed by atoms with van der Waals surface area (Å²) in [5, 5.41) is 5.58. The van der Waals surface area contributed by atoms with Crippen molar-refractivity contribution in [3.63, 3.8) is 0 Å². The zero-order valence-electron chi connectivity index (χ0n) is 12.5. The number of nitrogens with one attached hydrogen (secondary N) is 1. The third-order valence-corrected chi connectivity index (χ3v) is 3.36. The van der Waals surface area contributed by atoms with Crippen molar-refractivity contribution in [3.05, 3.63) is 48.0 Å². The zero-order chi connectivity index (χ0) is 14.5. The van der Waals surface area contributed by atoms with Crippen LogP contribution in [0.15, 0.2) is 42.5 Å². The van der Waals surface area contributed by atoms with Crippen LogP contribution in [-0.2, 0) is 11.2 Å². The molecule has 2 heteroatoms. The van der Waals surface area contributed by atoms with E-state index in [9.17, 15) is 4.79 Å². The summed E-state index contributed by atoms with van der Waals surface area (Å²) >= 11 is 0. The fraction of sp³-hybridized carbons (Fsp3) is 0.389. The first kappa shape index (κ1) is 14.6. The Morgan fingerprint density at radius 2 is 1.75 bits per heavy atom. The summed E-state index contributed by atoms with van der Waals surface area (Å²) in [6, 6.07) is 15.0. The SMILES string of the molecule is CC(C)CC(=O)N[C@H](C)Cc1ccc2ccccc2c1. The standard InChI is InChI=1S/C18H23NO/c1-13(2)10-18(20)19-14(3)11-15-8-9-16-6-4-5-7-17(16)12-15/h4-9,12-14H,10-11H2,1-3H3,(H,19,20)/t14-/m1/s1. The molecular weight excluding hydrogens is 246 g/mol. The lowest BCUT2D eigenvalue weighted by molar-refractivity contribution is -0.122. The molecule has 20 heavy (non-hydrogen) atoms. The van der Waals surface area contributed by atoms with E-state index in [4.69, 9.17) is 0 Å². The van der Waals surface area contributed by atoms with E-state index < -0.39 is 0 Å². The quantitative estimate of drug-likeness (QED) is 0.875. The Morgan fingerprint density at radius 1 is 1.05 bits per heavy atom. The van der Waals surface area contributed by atoms with E-state index in [2.05, 4.69) is 68.6 Å². The molecule has 0 radical (unpaired) electrons. The second kappa shape index (κ2) is 6.56. The molecule has 0 bridgehead atoms. The molecule has 0 saturated heterocycles. The summed E-state index contributed by atoms with van der Waals surface area (Å²) in [4.78, 5) is 11.8. The topological polar surface area (TPSA) is 29.1 Å². The summed E-state index contributed by atoms with van der Waals surface area (Å²) in [6.07, 6.45) is 1.47. The van der Waals surface area contributed by atoms with Gasteiger partial charge in [-0.3, -0.25) is 4.79 Å². The summed E-state index contributed by atoms with van der Waals surface area (Å²) < 4.78 is 0. The van der Waals surface area contributed by atoms with Gasteiger partial charge in [-0.05, 0) is 35.6 Å². The van der Waals surface area contributed by atoms with Crippen molar-refractivity contribution in [2.24, 2.45) is 5.92 Å². The van der Waals surface area contributed by atoms with Crippen molar-refractivity contribution in [2.75, 3.05) is 0 Å². The number of benzene rings is 2. The molecular formula is C18H23NO. The van der Waals surface area contributed by atoms with Gasteiger partial charge >= 0.3 is 0 Å². The number of carbonyl (C=O) groups is 1. The molecule has 0 unspecified atom stereocenters. The van der Waals surface area contributed by atoms with Crippen LogP contribution in [0.1, 0.15) is 32.8 Å². The number of amides is 1. The second-order valence-corrected chi connectivity index (χ2v) is 5.95. The van der Waals surface area contributed by atoms with Crippen LogP contribution in [0.25, 0.3) is 10.8 Å². The third kappa shape index (κ3) is 4.09. The molecule has 2 rings (SSSR count). The van der Waals surface area contributed by atoms with E-state index >= 15 is 0 Å². The average Bonchev–Trinajstić information content (AvgIpc) is 2.37. The van der Waals surface area contributed by atoms with Crippen LogP contribution in [0.3, 0.4) is 0 Å². The first-order chi connectivity index (χ1) is 9.54. The van der Waals surface area contributed by atoms with Gasteiger partial charge in [0.25, 0.3) is 0 Å². The van der Waals surface area contributed by atoms with Gasteiger partial charge in [0.1, 0.15) is 0 Å². The van der Waals surface area contributed by atoms with Gasteiger partial charge < -0.3 is 5.32 Å². The smallest absolute Gasteiger partial charge is 0.220 e. The maximum absolute atomic E-state index is 11.8. The van der Waals surface area contributed by atoms with Gasteiger partial charge in [0.05, 0.1) is 0 Å². The molecule has 2 nitrogen and oxygen atoms in total. The minimum absolute atomic E-state index is 0.147.